The van der Waals surface area contributed by atoms with Crippen LogP contribution in [0.2, 0.25) is 0 Å². The number of aliphatic hydroxyl groups excluding tert-OH is 1. The summed E-state index contributed by atoms with van der Waals surface area (Å²) in [6.07, 6.45) is 1.74. The van der Waals surface area contributed by atoms with Crippen molar-refractivity contribution in [2.24, 2.45) is 0 Å². The van der Waals surface area contributed by atoms with Gasteiger partial charge in [0, 0.05) is 24.0 Å². The smallest absolute Gasteiger partial charge is 0.225 e. The summed E-state index contributed by atoms with van der Waals surface area (Å²) in [6.45, 7) is 8.45. The third-order valence-corrected chi connectivity index (χ3v) is 4.33. The summed E-state index contributed by atoms with van der Waals surface area (Å²) in [7, 11) is 0. The van der Waals surface area contributed by atoms with Gasteiger partial charge >= 0.3 is 0 Å². The molecule has 0 aliphatic heterocycles. The van der Waals surface area contributed by atoms with Gasteiger partial charge in [0.05, 0.1) is 18.0 Å². The van der Waals surface area contributed by atoms with Crippen LogP contribution in [-0.2, 0) is 5.41 Å². The standard InChI is InChI=1S/C22H27N5O/c1-15(14-28)24-21-26-19(18-7-5-6-12-23-18)13-20(27-21)25-17-10-8-16(9-11-17)22(2,3)4/h5-13,15,28H,14H2,1-4H3,(H2,24,25,26,27)/t15-/m1/s1. The normalized spacial score (nSPS) is 12.5. The van der Waals surface area contributed by atoms with Crippen LogP contribution in [0.5, 0.6) is 0 Å². The second kappa shape index (κ2) is 8.35. The van der Waals surface area contributed by atoms with Gasteiger partial charge in [0.1, 0.15) is 5.82 Å². The lowest BCUT2D eigenvalue weighted by molar-refractivity contribution is 0.281. The Hall–Kier alpha value is -2.99. The summed E-state index contributed by atoms with van der Waals surface area (Å²) in [5, 5.41) is 15.8. The SMILES string of the molecule is C[C@H](CO)Nc1nc(Nc2ccc(C(C)(C)C)cc2)cc(-c2ccccn2)n1. The van der Waals surface area contributed by atoms with Crippen molar-refractivity contribution in [1.29, 1.82) is 0 Å². The Bertz CT molecular complexity index is 904. The zero-order valence-corrected chi connectivity index (χ0v) is 16.8. The van der Waals surface area contributed by atoms with Crippen molar-refractivity contribution in [3.63, 3.8) is 0 Å². The number of hydrogen-bond acceptors (Lipinski definition) is 6. The van der Waals surface area contributed by atoms with Crippen molar-refractivity contribution in [2.45, 2.75) is 39.2 Å². The molecule has 1 aromatic carbocycles. The lowest BCUT2D eigenvalue weighted by Gasteiger charge is -2.19. The molecule has 3 aromatic rings. The van der Waals surface area contributed by atoms with Crippen LogP contribution < -0.4 is 10.6 Å². The molecule has 28 heavy (non-hydrogen) atoms. The highest BCUT2D eigenvalue weighted by atomic mass is 16.3. The van der Waals surface area contributed by atoms with Crippen LogP contribution in [0.4, 0.5) is 17.5 Å². The molecule has 6 heteroatoms. The van der Waals surface area contributed by atoms with Crippen LogP contribution in [0.25, 0.3) is 11.4 Å². The fraction of sp³-hybridized carbons (Fsp3) is 0.318. The Balaban J connectivity index is 1.91. The zero-order valence-electron chi connectivity index (χ0n) is 16.8. The number of aromatic nitrogens is 3. The molecule has 0 aliphatic rings. The Labute approximate surface area is 166 Å². The molecule has 0 saturated carbocycles. The quantitative estimate of drug-likeness (QED) is 0.592. The molecule has 1 atom stereocenters. The summed E-state index contributed by atoms with van der Waals surface area (Å²) in [4.78, 5) is 13.5. The Kier molecular flexibility index (Phi) is 5.90. The number of nitrogens with one attached hydrogen (secondary N) is 2. The number of nitrogens with zero attached hydrogens (tertiary/aromatic N) is 3. The predicted molar refractivity (Wildman–Crippen MR) is 114 cm³/mol. The van der Waals surface area contributed by atoms with E-state index in [1.165, 1.54) is 5.56 Å². The van der Waals surface area contributed by atoms with Crippen LogP contribution in [-0.4, -0.2) is 32.7 Å². The first-order chi connectivity index (χ1) is 13.3. The van der Waals surface area contributed by atoms with E-state index in [4.69, 9.17) is 0 Å². The Morgan fingerprint density at radius 3 is 2.36 bits per heavy atom. The highest BCUT2D eigenvalue weighted by molar-refractivity contribution is 5.65. The molecule has 0 unspecified atom stereocenters. The van der Waals surface area contributed by atoms with Crippen molar-refractivity contribution in [3.8, 4) is 11.4 Å². The van der Waals surface area contributed by atoms with Crippen molar-refractivity contribution >= 4 is 17.5 Å². The summed E-state index contributed by atoms with van der Waals surface area (Å²) in [5.41, 5.74) is 3.79. The van der Waals surface area contributed by atoms with Gasteiger partial charge in [-0.3, -0.25) is 4.98 Å². The molecule has 0 amide bonds. The molecule has 3 rings (SSSR count). The van der Waals surface area contributed by atoms with Crippen LogP contribution in [0.15, 0.2) is 54.7 Å². The molecular weight excluding hydrogens is 350 g/mol. The van der Waals surface area contributed by atoms with Gasteiger partial charge in [-0.25, -0.2) is 4.98 Å². The molecule has 0 saturated heterocycles. The Morgan fingerprint density at radius 2 is 1.75 bits per heavy atom. The molecule has 3 N–H and O–H groups in total. The molecule has 0 radical (unpaired) electrons. The van der Waals surface area contributed by atoms with Gasteiger partial charge in [-0.05, 0) is 42.2 Å². The van der Waals surface area contributed by atoms with Gasteiger partial charge in [0.15, 0.2) is 0 Å². The van der Waals surface area contributed by atoms with Gasteiger partial charge in [0.25, 0.3) is 0 Å². The van der Waals surface area contributed by atoms with Gasteiger partial charge in [-0.2, -0.15) is 4.98 Å². The van der Waals surface area contributed by atoms with Crippen LogP contribution in [0.3, 0.4) is 0 Å². The molecule has 6 nitrogen and oxygen atoms in total. The Morgan fingerprint density at radius 1 is 1.00 bits per heavy atom. The largest absolute Gasteiger partial charge is 0.394 e. The van der Waals surface area contributed by atoms with Crippen molar-refractivity contribution in [1.82, 2.24) is 15.0 Å². The fourth-order valence-corrected chi connectivity index (χ4v) is 2.69. The van der Waals surface area contributed by atoms with Crippen LogP contribution in [0, 0.1) is 0 Å². The summed E-state index contributed by atoms with van der Waals surface area (Å²) < 4.78 is 0. The van der Waals surface area contributed by atoms with Crippen molar-refractivity contribution in [3.05, 3.63) is 60.3 Å². The molecule has 146 valence electrons. The molecule has 2 heterocycles. The monoisotopic (exact) mass is 377 g/mol. The zero-order chi connectivity index (χ0) is 20.1. The number of rotatable bonds is 6. The van der Waals surface area contributed by atoms with Gasteiger partial charge in [-0.1, -0.05) is 39.0 Å². The number of pyridine rings is 1. The summed E-state index contributed by atoms with van der Waals surface area (Å²) >= 11 is 0. The minimum Gasteiger partial charge on any atom is -0.394 e. The van der Waals surface area contributed by atoms with E-state index in [0.29, 0.717) is 17.5 Å². The first-order valence-electron chi connectivity index (χ1n) is 9.40. The van der Waals surface area contributed by atoms with E-state index in [1.54, 1.807) is 6.20 Å². The van der Waals surface area contributed by atoms with Crippen molar-refractivity contribution in [2.75, 3.05) is 17.2 Å². The minimum atomic E-state index is -0.155. The maximum atomic E-state index is 9.33. The first-order valence-corrected chi connectivity index (χ1v) is 9.40. The molecular formula is C22H27N5O. The van der Waals surface area contributed by atoms with Gasteiger partial charge in [0.2, 0.25) is 5.95 Å². The lowest BCUT2D eigenvalue weighted by atomic mass is 9.87. The lowest BCUT2D eigenvalue weighted by Crippen LogP contribution is -2.21. The third-order valence-electron chi connectivity index (χ3n) is 4.33. The number of anilines is 3. The summed E-state index contributed by atoms with van der Waals surface area (Å²) in [6, 6.07) is 15.8. The van der Waals surface area contributed by atoms with Crippen LogP contribution >= 0.6 is 0 Å². The molecule has 0 bridgehead atoms. The second-order valence-corrected chi connectivity index (χ2v) is 7.86. The second-order valence-electron chi connectivity index (χ2n) is 7.86. The highest BCUT2D eigenvalue weighted by Crippen LogP contribution is 2.26. The number of hydrogen-bond donors (Lipinski definition) is 3. The maximum absolute atomic E-state index is 9.33. The molecule has 0 spiro atoms. The molecule has 0 aliphatic carbocycles. The average Bonchev–Trinajstić information content (AvgIpc) is 2.68. The first kappa shape index (κ1) is 19.8. The predicted octanol–water partition coefficient (Wildman–Crippen LogP) is 4.37. The maximum Gasteiger partial charge on any atom is 0.225 e. The van der Waals surface area contributed by atoms with Crippen LogP contribution in [0.1, 0.15) is 33.3 Å². The van der Waals surface area contributed by atoms with E-state index >= 15 is 0 Å². The number of aliphatic hydroxyl groups is 1. The van der Waals surface area contributed by atoms with E-state index in [2.05, 4.69) is 58.5 Å². The minimum absolute atomic E-state index is 0.00575. The topological polar surface area (TPSA) is 83.0 Å². The van der Waals surface area contributed by atoms with E-state index in [0.717, 1.165) is 11.4 Å². The van der Waals surface area contributed by atoms with E-state index in [1.807, 2.05) is 43.3 Å². The van der Waals surface area contributed by atoms with E-state index in [9.17, 15) is 5.11 Å². The van der Waals surface area contributed by atoms with Gasteiger partial charge in [-0.15, -0.1) is 0 Å². The van der Waals surface area contributed by atoms with E-state index < -0.39 is 0 Å². The average molecular weight is 377 g/mol. The molecule has 2 aromatic heterocycles. The molecule has 0 fully saturated rings. The summed E-state index contributed by atoms with van der Waals surface area (Å²) in [5.74, 6) is 1.10. The third kappa shape index (κ3) is 5.04. The van der Waals surface area contributed by atoms with Crippen molar-refractivity contribution < 1.29 is 5.11 Å². The fourth-order valence-electron chi connectivity index (χ4n) is 2.69. The van der Waals surface area contributed by atoms with Gasteiger partial charge < -0.3 is 15.7 Å². The van der Waals surface area contributed by atoms with E-state index in [-0.39, 0.29) is 18.1 Å². The number of benzene rings is 1. The highest BCUT2D eigenvalue weighted by Gasteiger charge is 2.14.